The molecule has 0 spiro atoms. The average molecular weight is 733 g/mol. The van der Waals surface area contributed by atoms with Crippen molar-refractivity contribution in [2.45, 2.75) is 102 Å². The molecule has 2 aliphatic carbocycles. The molecule has 7 heteroatoms. The summed E-state index contributed by atoms with van der Waals surface area (Å²) in [5.41, 5.74) is 6.17. The lowest BCUT2D eigenvalue weighted by Gasteiger charge is -2.49. The normalized spacial score (nSPS) is 21.3. The zero-order chi connectivity index (χ0) is 37.7. The fourth-order valence-corrected chi connectivity index (χ4v) is 9.89. The number of ether oxygens (including phenoxy) is 1. The van der Waals surface area contributed by atoms with E-state index in [2.05, 4.69) is 50.4 Å². The Morgan fingerprint density at radius 2 is 1.51 bits per heavy atom. The predicted molar refractivity (Wildman–Crippen MR) is 221 cm³/mol. The van der Waals surface area contributed by atoms with Gasteiger partial charge in [-0.2, -0.15) is 0 Å². The van der Waals surface area contributed by atoms with Gasteiger partial charge >= 0.3 is 0 Å². The van der Waals surface area contributed by atoms with Gasteiger partial charge in [0.15, 0.2) is 0 Å². The maximum Gasteiger partial charge on any atom is 0.255 e. The molecule has 2 saturated carbocycles. The number of amides is 2. The average Bonchev–Trinajstić information content (AvgIpc) is 3.20. The van der Waals surface area contributed by atoms with Crippen LogP contribution in [-0.4, -0.2) is 38.3 Å². The highest BCUT2D eigenvalue weighted by atomic mass is 16.5. The van der Waals surface area contributed by atoms with Gasteiger partial charge < -0.3 is 15.0 Å². The van der Waals surface area contributed by atoms with Gasteiger partial charge in [-0.3, -0.25) is 9.59 Å². The highest BCUT2D eigenvalue weighted by molar-refractivity contribution is 6.11. The monoisotopic (exact) mass is 732 g/mol. The number of hydrogen-bond acceptors (Lipinski definition) is 5. The maximum atomic E-state index is 15.0. The molecule has 1 unspecified atom stereocenters. The Bertz CT molecular complexity index is 2400. The third-order valence-electron chi connectivity index (χ3n) is 12.7. The van der Waals surface area contributed by atoms with Crippen molar-refractivity contribution in [3.05, 3.63) is 125 Å². The third kappa shape index (κ3) is 6.62. The van der Waals surface area contributed by atoms with E-state index < -0.39 is 6.04 Å². The van der Waals surface area contributed by atoms with E-state index >= 15 is 4.79 Å². The van der Waals surface area contributed by atoms with Crippen molar-refractivity contribution in [2.24, 2.45) is 11.8 Å². The first kappa shape index (κ1) is 35.4. The second-order valence-corrected chi connectivity index (χ2v) is 16.8. The molecule has 1 aromatic heterocycles. The van der Waals surface area contributed by atoms with Gasteiger partial charge in [0.25, 0.3) is 5.91 Å². The van der Waals surface area contributed by atoms with Crippen LogP contribution < -0.4 is 10.1 Å². The van der Waals surface area contributed by atoms with Crippen LogP contribution in [-0.2, 0) is 11.3 Å². The van der Waals surface area contributed by atoms with Gasteiger partial charge in [0.05, 0.1) is 22.1 Å². The van der Waals surface area contributed by atoms with Crippen molar-refractivity contribution >= 4 is 44.7 Å². The van der Waals surface area contributed by atoms with E-state index in [1.54, 1.807) is 4.90 Å². The van der Waals surface area contributed by atoms with Gasteiger partial charge in [0.1, 0.15) is 17.4 Å². The van der Waals surface area contributed by atoms with E-state index in [0.29, 0.717) is 28.8 Å². The summed E-state index contributed by atoms with van der Waals surface area (Å²) >= 11 is 0. The van der Waals surface area contributed by atoms with E-state index in [1.165, 1.54) is 12.8 Å². The number of aromatic nitrogens is 2. The maximum absolute atomic E-state index is 15.0. The predicted octanol–water partition coefficient (Wildman–Crippen LogP) is 10.7. The molecule has 5 aromatic carbocycles. The zero-order valence-corrected chi connectivity index (χ0v) is 32.1. The lowest BCUT2D eigenvalue weighted by atomic mass is 9.64. The summed E-state index contributed by atoms with van der Waals surface area (Å²) in [6, 6.07) is 33.0. The van der Waals surface area contributed by atoms with Crippen molar-refractivity contribution in [1.82, 2.24) is 20.2 Å². The van der Waals surface area contributed by atoms with Gasteiger partial charge in [0, 0.05) is 41.8 Å². The molecule has 2 fully saturated rings. The first-order chi connectivity index (χ1) is 26.7. The summed E-state index contributed by atoms with van der Waals surface area (Å²) < 4.78 is 6.99. The second-order valence-electron chi connectivity index (χ2n) is 16.8. The molecule has 2 heterocycles. The molecule has 1 N–H and O–H groups in total. The van der Waals surface area contributed by atoms with Gasteiger partial charge in [-0.15, -0.1) is 0 Å². The molecule has 7 nitrogen and oxygen atoms in total. The molecule has 6 aromatic rings. The Kier molecular flexibility index (Phi) is 9.27. The topological polar surface area (TPSA) is 84.4 Å². The number of nitrogens with one attached hydrogen (secondary N) is 1. The van der Waals surface area contributed by atoms with Crippen LogP contribution in [0.5, 0.6) is 5.75 Å². The van der Waals surface area contributed by atoms with Gasteiger partial charge in [-0.05, 0) is 80.7 Å². The molecule has 1 aliphatic heterocycles. The first-order valence-corrected chi connectivity index (χ1v) is 20.3. The van der Waals surface area contributed by atoms with Crippen LogP contribution in [0, 0.1) is 11.8 Å². The second kappa shape index (κ2) is 14.4. The van der Waals surface area contributed by atoms with E-state index in [0.717, 1.165) is 88.3 Å². The Morgan fingerprint density at radius 1 is 0.818 bits per heavy atom. The van der Waals surface area contributed by atoms with E-state index in [9.17, 15) is 4.79 Å². The largest absolute Gasteiger partial charge is 0.487 e. The first-order valence-electron chi connectivity index (χ1n) is 20.3. The molecule has 282 valence electrons. The van der Waals surface area contributed by atoms with Crippen LogP contribution in [0.1, 0.15) is 113 Å². The molecule has 0 bridgehead atoms. The van der Waals surface area contributed by atoms with Gasteiger partial charge in [-0.25, -0.2) is 9.97 Å². The summed E-state index contributed by atoms with van der Waals surface area (Å²) in [5, 5.41) is 5.44. The minimum Gasteiger partial charge on any atom is -0.487 e. The number of rotatable bonds is 7. The van der Waals surface area contributed by atoms with Crippen molar-refractivity contribution in [1.29, 1.82) is 0 Å². The zero-order valence-electron chi connectivity index (χ0n) is 32.1. The standard InChI is InChI=1S/C48H50N4O3.H2/c1-30-23-25-38-37(27-30)41-43-42(35-21-13-14-22-36(35)45(41)55-48(38,2)3)50-39-26-24-33(28-40(39)51-43)47(54)52(29-31-15-7-4-8-16-31)44(32-17-9-5-10-18-32)46(53)49-34-19-11-6-12-20-34;/h4-5,7-10,13-18,21-22,24,26,28,30,34,37-38,44H,6,11-12,19-20,23,25,27,29H2,1-3H3,(H,49,53);1H/t30-,37-,38-,44?;/m0./s1. The smallest absolute Gasteiger partial charge is 0.255 e. The molecule has 0 radical (unpaired) electrons. The minimum absolute atomic E-state index is 0. The van der Waals surface area contributed by atoms with Gasteiger partial charge in [-0.1, -0.05) is 118 Å². The van der Waals surface area contributed by atoms with Crippen molar-refractivity contribution in [2.75, 3.05) is 0 Å². The molecule has 2 amide bonds. The van der Waals surface area contributed by atoms with Crippen LogP contribution >= 0.6 is 0 Å². The van der Waals surface area contributed by atoms with Crippen molar-refractivity contribution < 1.29 is 15.8 Å². The number of hydrogen-bond donors (Lipinski definition) is 1. The lowest BCUT2D eigenvalue weighted by Crippen LogP contribution is -2.47. The molecule has 0 saturated heterocycles. The van der Waals surface area contributed by atoms with Crippen LogP contribution in [0.15, 0.2) is 103 Å². The number of benzene rings is 5. The summed E-state index contributed by atoms with van der Waals surface area (Å²) in [5.74, 6) is 1.81. The summed E-state index contributed by atoms with van der Waals surface area (Å²) in [6.07, 6.45) is 8.69. The molecule has 55 heavy (non-hydrogen) atoms. The Hall–Kier alpha value is -5.30. The SMILES string of the molecule is C[C@H]1CC[C@H]2[C@H](C1)c1c(c3ccccc3c3nc4ccc(C(=O)N(Cc5ccccc5)C(C(=O)NC5CCCCC5)c5ccccc5)cc4nc13)OC2(C)C.[HH]. The fraction of sp³-hybridized carbons (Fsp3) is 0.375. The van der Waals surface area contributed by atoms with Crippen molar-refractivity contribution in [3.63, 3.8) is 0 Å². The minimum atomic E-state index is -0.821. The van der Waals surface area contributed by atoms with Crippen LogP contribution in [0.2, 0.25) is 0 Å². The van der Waals surface area contributed by atoms with Crippen molar-refractivity contribution in [3.8, 4) is 5.75 Å². The molecule has 3 aliphatic rings. The fourth-order valence-electron chi connectivity index (χ4n) is 9.89. The Morgan fingerprint density at radius 3 is 2.27 bits per heavy atom. The Labute approximate surface area is 325 Å². The highest BCUT2D eigenvalue weighted by Gasteiger charge is 2.47. The molecular formula is C48H52N4O3. The number of fused-ring (bicyclic) bond motifs is 9. The van der Waals surface area contributed by atoms with E-state index in [1.807, 2.05) is 78.9 Å². The van der Waals surface area contributed by atoms with Crippen LogP contribution in [0.3, 0.4) is 0 Å². The quantitative estimate of drug-likeness (QED) is 0.130. The molecule has 9 rings (SSSR count). The summed E-state index contributed by atoms with van der Waals surface area (Å²) in [6.45, 7) is 7.12. The third-order valence-corrected chi connectivity index (χ3v) is 12.7. The van der Waals surface area contributed by atoms with E-state index in [-0.39, 0.29) is 31.4 Å². The van der Waals surface area contributed by atoms with E-state index in [4.69, 9.17) is 14.7 Å². The Balaban J connectivity index is 0.00000441. The molecule has 4 atom stereocenters. The van der Waals surface area contributed by atoms with Gasteiger partial charge in [0.2, 0.25) is 5.91 Å². The highest BCUT2D eigenvalue weighted by Crippen LogP contribution is 2.56. The number of carbonyl (C=O) groups is 2. The molecular weight excluding hydrogens is 681 g/mol. The van der Waals surface area contributed by atoms with Crippen LogP contribution in [0.4, 0.5) is 0 Å². The lowest BCUT2D eigenvalue weighted by molar-refractivity contribution is -0.127. The summed E-state index contributed by atoms with van der Waals surface area (Å²) in [4.78, 5) is 41.9. The summed E-state index contributed by atoms with van der Waals surface area (Å²) in [7, 11) is 0. The number of nitrogens with zero attached hydrogens (tertiary/aromatic N) is 3. The van der Waals surface area contributed by atoms with Crippen LogP contribution in [0.25, 0.3) is 32.8 Å². The number of carbonyl (C=O) groups excluding carboxylic acids is 2.